The molecule has 0 atom stereocenters. The summed E-state index contributed by atoms with van der Waals surface area (Å²) in [4.78, 5) is 0. The van der Waals surface area contributed by atoms with Crippen LogP contribution in [0.4, 0.5) is 0 Å². The molecular formula is C13H17Br. The molecule has 1 aliphatic carbocycles. The van der Waals surface area contributed by atoms with Gasteiger partial charge in [0.25, 0.3) is 0 Å². The van der Waals surface area contributed by atoms with Crippen molar-refractivity contribution in [1.29, 1.82) is 0 Å². The van der Waals surface area contributed by atoms with Crippen LogP contribution in [0.3, 0.4) is 0 Å². The fourth-order valence-corrected chi connectivity index (χ4v) is 2.99. The molecule has 1 saturated carbocycles. The second-order valence-electron chi connectivity index (χ2n) is 4.48. The lowest BCUT2D eigenvalue weighted by atomic mass is 9.79. The van der Waals surface area contributed by atoms with Crippen LogP contribution in [0.25, 0.3) is 0 Å². The van der Waals surface area contributed by atoms with Gasteiger partial charge in [0.2, 0.25) is 0 Å². The Hall–Kier alpha value is -0.300. The molecule has 0 unspecified atom stereocenters. The maximum Gasteiger partial charge on any atom is 0.0210 e. The first-order chi connectivity index (χ1) is 6.77. The van der Waals surface area contributed by atoms with Crippen molar-refractivity contribution in [1.82, 2.24) is 0 Å². The van der Waals surface area contributed by atoms with Gasteiger partial charge in [0, 0.05) is 4.47 Å². The zero-order valence-electron chi connectivity index (χ0n) is 8.67. The topological polar surface area (TPSA) is 0 Å². The second kappa shape index (κ2) is 4.48. The zero-order chi connectivity index (χ0) is 9.97. The maximum atomic E-state index is 3.65. The lowest BCUT2D eigenvalue weighted by molar-refractivity contribution is 0.347. The predicted molar refractivity (Wildman–Crippen MR) is 64.5 cm³/mol. The summed E-state index contributed by atoms with van der Waals surface area (Å²) < 4.78 is 1.29. The van der Waals surface area contributed by atoms with Crippen molar-refractivity contribution in [2.45, 2.75) is 38.5 Å². The van der Waals surface area contributed by atoms with Crippen LogP contribution >= 0.6 is 15.9 Å². The third-order valence-electron chi connectivity index (χ3n) is 3.36. The van der Waals surface area contributed by atoms with E-state index in [0.29, 0.717) is 0 Å². The molecule has 0 bridgehead atoms. The maximum absolute atomic E-state index is 3.65. The third kappa shape index (κ3) is 2.20. The van der Waals surface area contributed by atoms with E-state index < -0.39 is 0 Å². The summed E-state index contributed by atoms with van der Waals surface area (Å²) in [6.45, 7) is 2.37. The van der Waals surface area contributed by atoms with E-state index in [-0.39, 0.29) is 0 Å². The van der Waals surface area contributed by atoms with E-state index >= 15 is 0 Å². The summed E-state index contributed by atoms with van der Waals surface area (Å²) in [7, 11) is 0. The van der Waals surface area contributed by atoms with Gasteiger partial charge in [-0.05, 0) is 36.3 Å². The van der Waals surface area contributed by atoms with E-state index in [2.05, 4.69) is 47.1 Å². The van der Waals surface area contributed by atoms with Gasteiger partial charge < -0.3 is 0 Å². The monoisotopic (exact) mass is 252 g/mol. The van der Waals surface area contributed by atoms with Crippen LogP contribution in [-0.2, 0) is 0 Å². The van der Waals surface area contributed by atoms with Gasteiger partial charge in [-0.3, -0.25) is 0 Å². The molecule has 76 valence electrons. The minimum atomic E-state index is 0.793. The van der Waals surface area contributed by atoms with Gasteiger partial charge in [-0.25, -0.2) is 0 Å². The molecular weight excluding hydrogens is 236 g/mol. The predicted octanol–water partition coefficient (Wildman–Crippen LogP) is 4.74. The van der Waals surface area contributed by atoms with Crippen LogP contribution in [0.15, 0.2) is 28.7 Å². The molecule has 1 aromatic carbocycles. The highest BCUT2D eigenvalue weighted by atomic mass is 79.9. The summed E-state index contributed by atoms with van der Waals surface area (Å²) in [5.74, 6) is 1.73. The van der Waals surface area contributed by atoms with Crippen molar-refractivity contribution in [3.8, 4) is 0 Å². The van der Waals surface area contributed by atoms with E-state index in [4.69, 9.17) is 0 Å². The van der Waals surface area contributed by atoms with Crippen LogP contribution in [0, 0.1) is 5.92 Å². The first kappa shape index (κ1) is 10.2. The van der Waals surface area contributed by atoms with Gasteiger partial charge in [0.15, 0.2) is 0 Å². The first-order valence-electron chi connectivity index (χ1n) is 5.52. The Morgan fingerprint density at radius 1 is 1.07 bits per heavy atom. The molecule has 1 aromatic rings. The highest BCUT2D eigenvalue weighted by molar-refractivity contribution is 9.10. The average Bonchev–Trinajstić information content (AvgIpc) is 2.20. The summed E-state index contributed by atoms with van der Waals surface area (Å²) in [5, 5.41) is 0. The Morgan fingerprint density at radius 2 is 1.71 bits per heavy atom. The van der Waals surface area contributed by atoms with Crippen LogP contribution in [0.1, 0.15) is 44.1 Å². The molecule has 0 spiro atoms. The number of hydrogen-bond donors (Lipinski definition) is 0. The highest BCUT2D eigenvalue weighted by Crippen LogP contribution is 2.38. The van der Waals surface area contributed by atoms with E-state index in [9.17, 15) is 0 Å². The Balaban J connectivity index is 2.12. The molecule has 1 aliphatic rings. The molecule has 0 radical (unpaired) electrons. The SMILES string of the molecule is CC1CCC(c2ccccc2Br)CC1. The molecule has 0 saturated heterocycles. The fourth-order valence-electron chi connectivity index (χ4n) is 2.38. The van der Waals surface area contributed by atoms with Gasteiger partial charge in [-0.2, -0.15) is 0 Å². The minimum Gasteiger partial charge on any atom is -0.0625 e. The standard InChI is InChI=1S/C13H17Br/c1-10-6-8-11(9-7-10)12-4-2-3-5-13(12)14/h2-5,10-11H,6-9H2,1H3. The molecule has 0 heterocycles. The molecule has 0 N–H and O–H groups in total. The summed E-state index contributed by atoms with van der Waals surface area (Å²) in [6, 6.07) is 8.68. The second-order valence-corrected chi connectivity index (χ2v) is 5.33. The summed E-state index contributed by atoms with van der Waals surface area (Å²) in [6.07, 6.45) is 5.52. The molecule has 2 rings (SSSR count). The number of rotatable bonds is 1. The van der Waals surface area contributed by atoms with Crippen LogP contribution in [0.5, 0.6) is 0 Å². The molecule has 0 amide bonds. The third-order valence-corrected chi connectivity index (χ3v) is 4.08. The van der Waals surface area contributed by atoms with Crippen LogP contribution < -0.4 is 0 Å². The van der Waals surface area contributed by atoms with Crippen molar-refractivity contribution >= 4 is 15.9 Å². The van der Waals surface area contributed by atoms with Gasteiger partial charge in [-0.1, -0.05) is 53.9 Å². The Morgan fingerprint density at radius 3 is 2.36 bits per heavy atom. The molecule has 0 nitrogen and oxygen atoms in total. The largest absolute Gasteiger partial charge is 0.0625 e. The van der Waals surface area contributed by atoms with Crippen LogP contribution in [0.2, 0.25) is 0 Å². The van der Waals surface area contributed by atoms with Crippen molar-refractivity contribution in [2.24, 2.45) is 5.92 Å². The zero-order valence-corrected chi connectivity index (χ0v) is 10.3. The number of benzene rings is 1. The van der Waals surface area contributed by atoms with E-state index in [0.717, 1.165) is 11.8 Å². The molecule has 1 heteroatoms. The van der Waals surface area contributed by atoms with Crippen molar-refractivity contribution in [2.75, 3.05) is 0 Å². The first-order valence-corrected chi connectivity index (χ1v) is 6.31. The average molecular weight is 253 g/mol. The van der Waals surface area contributed by atoms with Gasteiger partial charge in [0.05, 0.1) is 0 Å². The summed E-state index contributed by atoms with van der Waals surface area (Å²) in [5.41, 5.74) is 1.51. The Labute approximate surface area is 94.8 Å². The fraction of sp³-hybridized carbons (Fsp3) is 0.538. The quantitative estimate of drug-likeness (QED) is 0.677. The molecule has 0 aliphatic heterocycles. The summed E-state index contributed by atoms with van der Waals surface area (Å²) >= 11 is 3.65. The molecule has 14 heavy (non-hydrogen) atoms. The minimum absolute atomic E-state index is 0.793. The van der Waals surface area contributed by atoms with E-state index in [1.54, 1.807) is 0 Å². The van der Waals surface area contributed by atoms with Crippen molar-refractivity contribution in [3.05, 3.63) is 34.3 Å². The number of halogens is 1. The van der Waals surface area contributed by atoms with Gasteiger partial charge >= 0.3 is 0 Å². The lowest BCUT2D eigenvalue weighted by Gasteiger charge is -2.27. The molecule has 0 aromatic heterocycles. The van der Waals surface area contributed by atoms with E-state index in [1.165, 1.54) is 35.7 Å². The Kier molecular flexibility index (Phi) is 3.27. The number of hydrogen-bond acceptors (Lipinski definition) is 0. The van der Waals surface area contributed by atoms with E-state index in [1.807, 2.05) is 0 Å². The Bertz CT molecular complexity index is 298. The normalized spacial score (nSPS) is 27.6. The highest BCUT2D eigenvalue weighted by Gasteiger charge is 2.20. The van der Waals surface area contributed by atoms with Gasteiger partial charge in [0.1, 0.15) is 0 Å². The lowest BCUT2D eigenvalue weighted by Crippen LogP contribution is -2.11. The van der Waals surface area contributed by atoms with Crippen molar-refractivity contribution in [3.63, 3.8) is 0 Å². The molecule has 1 fully saturated rings. The smallest absolute Gasteiger partial charge is 0.0210 e. The van der Waals surface area contributed by atoms with Crippen molar-refractivity contribution < 1.29 is 0 Å². The van der Waals surface area contributed by atoms with Crippen LogP contribution in [-0.4, -0.2) is 0 Å². The van der Waals surface area contributed by atoms with Gasteiger partial charge in [-0.15, -0.1) is 0 Å².